The Morgan fingerprint density at radius 3 is 2.48 bits per heavy atom. The summed E-state index contributed by atoms with van der Waals surface area (Å²) in [5.41, 5.74) is 2.08. The molecular weight excluding hydrogens is 540 g/mol. The van der Waals surface area contributed by atoms with Gasteiger partial charge in [0.25, 0.3) is 0 Å². The summed E-state index contributed by atoms with van der Waals surface area (Å²) >= 11 is 0. The van der Waals surface area contributed by atoms with Crippen LogP contribution in [0.5, 0.6) is 29.0 Å². The lowest BCUT2D eigenvalue weighted by Gasteiger charge is -2.34. The maximum atomic E-state index is 11.9. The molecule has 4 N–H and O–H groups in total. The Morgan fingerprint density at radius 2 is 1.69 bits per heavy atom. The lowest BCUT2D eigenvalue weighted by Crippen LogP contribution is -2.46. The number of anilines is 3. The maximum Gasteiger partial charge on any atom is 0.336 e. The number of piperazine rings is 1. The number of aromatic nitrogens is 3. The molecule has 214 valence electrons. The van der Waals surface area contributed by atoms with Crippen LogP contribution in [0.1, 0.15) is 11.1 Å². The third kappa shape index (κ3) is 5.74. The molecule has 1 aliphatic rings. The summed E-state index contributed by atoms with van der Waals surface area (Å²) in [5.74, 6) is -0.0804. The van der Waals surface area contributed by atoms with E-state index in [1.165, 1.54) is 12.1 Å². The second kappa shape index (κ2) is 11.3. The summed E-state index contributed by atoms with van der Waals surface area (Å²) in [6.07, 6.45) is 0. The molecular formula is C30H28N6O6. The first-order chi connectivity index (χ1) is 20.3. The Kier molecular flexibility index (Phi) is 7.19. The Hall–Kier alpha value is -5.36. The monoisotopic (exact) mass is 568 g/mol. The molecule has 2 aromatic heterocycles. The zero-order valence-electron chi connectivity index (χ0n) is 22.7. The van der Waals surface area contributed by atoms with Crippen molar-refractivity contribution in [2.75, 3.05) is 36.4 Å². The fourth-order valence-corrected chi connectivity index (χ4v) is 4.80. The average molecular weight is 569 g/mol. The second-order valence-corrected chi connectivity index (χ2v) is 9.95. The van der Waals surface area contributed by atoms with E-state index in [0.29, 0.717) is 61.5 Å². The first-order valence-corrected chi connectivity index (χ1v) is 13.3. The van der Waals surface area contributed by atoms with Crippen molar-refractivity contribution < 1.29 is 24.5 Å². The lowest BCUT2D eigenvalue weighted by atomic mass is 10.1. The second-order valence-electron chi connectivity index (χ2n) is 9.95. The van der Waals surface area contributed by atoms with Gasteiger partial charge in [-0.3, -0.25) is 4.90 Å². The Balaban J connectivity index is 1.24. The van der Waals surface area contributed by atoms with Crippen molar-refractivity contribution in [2.45, 2.75) is 13.5 Å². The van der Waals surface area contributed by atoms with Crippen LogP contribution in [0.15, 0.2) is 75.9 Å². The molecule has 0 unspecified atom stereocenters. The third-order valence-electron chi connectivity index (χ3n) is 7.03. The zero-order valence-corrected chi connectivity index (χ0v) is 22.7. The van der Waals surface area contributed by atoms with Crippen molar-refractivity contribution in [3.63, 3.8) is 0 Å². The number of phenolic OH excluding ortho intramolecular Hbond substituents is 3. The zero-order chi connectivity index (χ0) is 29.2. The van der Waals surface area contributed by atoms with E-state index < -0.39 is 11.4 Å². The fourth-order valence-electron chi connectivity index (χ4n) is 4.80. The molecule has 0 amide bonds. The predicted octanol–water partition coefficient (Wildman–Crippen LogP) is 4.26. The average Bonchev–Trinajstić information content (AvgIpc) is 2.98. The molecule has 0 aliphatic carbocycles. The van der Waals surface area contributed by atoms with Crippen LogP contribution in [0.2, 0.25) is 0 Å². The number of nitrogens with zero attached hydrogens (tertiary/aromatic N) is 5. The van der Waals surface area contributed by atoms with E-state index in [1.807, 2.05) is 48.2 Å². The number of aryl methyl sites for hydroxylation is 1. The Labute approximate surface area is 240 Å². The number of hydrogen-bond donors (Lipinski definition) is 4. The van der Waals surface area contributed by atoms with Gasteiger partial charge >= 0.3 is 11.6 Å². The van der Waals surface area contributed by atoms with Crippen LogP contribution in [-0.2, 0) is 6.54 Å². The van der Waals surface area contributed by atoms with Crippen molar-refractivity contribution in [2.24, 2.45) is 0 Å². The largest absolute Gasteiger partial charge is 0.504 e. The van der Waals surface area contributed by atoms with E-state index in [9.17, 15) is 20.1 Å². The molecule has 0 spiro atoms. The van der Waals surface area contributed by atoms with E-state index in [0.717, 1.165) is 16.6 Å². The minimum atomic E-state index is -0.522. The normalized spacial score (nSPS) is 13.8. The minimum absolute atomic E-state index is 0.0692. The van der Waals surface area contributed by atoms with E-state index in [4.69, 9.17) is 9.15 Å². The molecule has 0 saturated carbocycles. The highest BCUT2D eigenvalue weighted by Gasteiger charge is 2.23. The molecule has 42 heavy (non-hydrogen) atoms. The number of phenols is 3. The first-order valence-electron chi connectivity index (χ1n) is 13.3. The van der Waals surface area contributed by atoms with Gasteiger partial charge in [0.05, 0.1) is 0 Å². The first kappa shape index (κ1) is 26.8. The number of para-hydroxylation sites is 1. The molecule has 3 heterocycles. The summed E-state index contributed by atoms with van der Waals surface area (Å²) in [7, 11) is 0. The van der Waals surface area contributed by atoms with Crippen LogP contribution in [0.25, 0.3) is 11.0 Å². The molecule has 1 aliphatic heterocycles. The predicted molar refractivity (Wildman–Crippen MR) is 156 cm³/mol. The standard InChI is InChI=1S/C30H28N6O6/c1-18-15-25(38)42-24-16-21(8-9-22(18)24)41-30-33-28(31-20-5-3-2-4-6-20)32-29(34-30)36-13-11-35(12-14-36)17-19-7-10-23(37)27(40)26(19)39/h2-10,15-16,37,39-40H,11-14,17H2,1H3,(H,31,32,33,34). The molecule has 1 saturated heterocycles. The van der Waals surface area contributed by atoms with Crippen LogP contribution < -0.4 is 20.6 Å². The number of rotatable bonds is 7. The van der Waals surface area contributed by atoms with Gasteiger partial charge in [-0.2, -0.15) is 15.0 Å². The topological polar surface area (TPSA) is 157 Å². The van der Waals surface area contributed by atoms with Crippen molar-refractivity contribution in [1.82, 2.24) is 19.9 Å². The van der Waals surface area contributed by atoms with Crippen molar-refractivity contribution in [1.29, 1.82) is 0 Å². The van der Waals surface area contributed by atoms with Crippen LogP contribution >= 0.6 is 0 Å². The quantitative estimate of drug-likeness (QED) is 0.164. The fraction of sp³-hybridized carbons (Fsp3) is 0.200. The number of nitrogens with one attached hydrogen (secondary N) is 1. The molecule has 1 fully saturated rings. The van der Waals surface area contributed by atoms with Crippen molar-refractivity contribution in [3.8, 4) is 29.0 Å². The summed E-state index contributed by atoms with van der Waals surface area (Å²) in [4.78, 5) is 29.7. The minimum Gasteiger partial charge on any atom is -0.504 e. The third-order valence-corrected chi connectivity index (χ3v) is 7.03. The van der Waals surface area contributed by atoms with Gasteiger partial charge in [0.15, 0.2) is 11.5 Å². The summed E-state index contributed by atoms with van der Waals surface area (Å²) < 4.78 is 11.4. The van der Waals surface area contributed by atoms with Crippen LogP contribution in [0.3, 0.4) is 0 Å². The molecule has 0 radical (unpaired) electrons. The van der Waals surface area contributed by atoms with Crippen molar-refractivity contribution in [3.05, 3.63) is 88.3 Å². The number of benzene rings is 3. The van der Waals surface area contributed by atoms with Gasteiger partial charge in [0.2, 0.25) is 17.6 Å². The summed E-state index contributed by atoms with van der Waals surface area (Å²) in [5, 5.41) is 33.7. The highest BCUT2D eigenvalue weighted by atomic mass is 16.5. The number of ether oxygens (including phenoxy) is 1. The van der Waals surface area contributed by atoms with Gasteiger partial charge in [-0.05, 0) is 42.8 Å². The molecule has 0 bridgehead atoms. The highest BCUT2D eigenvalue weighted by molar-refractivity contribution is 5.81. The lowest BCUT2D eigenvalue weighted by molar-refractivity contribution is 0.244. The summed E-state index contributed by atoms with van der Waals surface area (Å²) in [6.45, 7) is 4.67. The molecule has 3 aromatic carbocycles. The van der Waals surface area contributed by atoms with Crippen LogP contribution in [0, 0.1) is 6.92 Å². The molecule has 5 aromatic rings. The van der Waals surface area contributed by atoms with E-state index in [1.54, 1.807) is 18.2 Å². The van der Waals surface area contributed by atoms with Crippen molar-refractivity contribution >= 4 is 28.6 Å². The van der Waals surface area contributed by atoms with E-state index >= 15 is 0 Å². The number of fused-ring (bicyclic) bond motifs is 1. The Morgan fingerprint density at radius 1 is 0.905 bits per heavy atom. The van der Waals surface area contributed by atoms with E-state index in [2.05, 4.69) is 25.2 Å². The summed E-state index contributed by atoms with van der Waals surface area (Å²) in [6, 6.07) is 19.2. The molecule has 6 rings (SSSR count). The van der Waals surface area contributed by atoms with Crippen LogP contribution in [-0.4, -0.2) is 61.4 Å². The van der Waals surface area contributed by atoms with Gasteiger partial charge < -0.3 is 34.7 Å². The van der Waals surface area contributed by atoms with E-state index in [-0.39, 0.29) is 17.5 Å². The van der Waals surface area contributed by atoms with Gasteiger partial charge in [-0.1, -0.05) is 24.3 Å². The van der Waals surface area contributed by atoms with Gasteiger partial charge in [-0.15, -0.1) is 0 Å². The van der Waals surface area contributed by atoms with Gasteiger partial charge in [-0.25, -0.2) is 4.79 Å². The highest BCUT2D eigenvalue weighted by Crippen LogP contribution is 2.37. The van der Waals surface area contributed by atoms with Crippen LogP contribution in [0.4, 0.5) is 17.6 Å². The number of aromatic hydroxyl groups is 3. The molecule has 12 nitrogen and oxygen atoms in total. The van der Waals surface area contributed by atoms with Gasteiger partial charge in [0.1, 0.15) is 11.3 Å². The SMILES string of the molecule is Cc1cc(=O)oc2cc(Oc3nc(Nc4ccccc4)nc(N4CCN(Cc5ccc(O)c(O)c5O)CC4)n3)ccc12. The maximum absolute atomic E-state index is 11.9. The van der Waals surface area contributed by atoms with Gasteiger partial charge in [0, 0.05) is 61.5 Å². The smallest absolute Gasteiger partial charge is 0.336 e. The Bertz CT molecular complexity index is 1800. The number of hydrogen-bond acceptors (Lipinski definition) is 12. The molecule has 0 atom stereocenters. The molecule has 12 heteroatoms.